The summed E-state index contributed by atoms with van der Waals surface area (Å²) >= 11 is 0. The van der Waals surface area contributed by atoms with Crippen molar-refractivity contribution in [2.75, 3.05) is 13.2 Å². The summed E-state index contributed by atoms with van der Waals surface area (Å²) in [6.07, 6.45) is -0.394. The normalized spacial score (nSPS) is 13.0. The molecule has 2 N–H and O–H groups in total. The summed E-state index contributed by atoms with van der Waals surface area (Å²) in [5, 5.41) is 21.3. The molecular weight excluding hydrogens is 340 g/mol. The Morgan fingerprint density at radius 3 is 1.85 bits per heavy atom. The first-order valence-electron chi connectivity index (χ1n) is 8.91. The second kappa shape index (κ2) is 9.16. The third-order valence-electron chi connectivity index (χ3n) is 4.45. The zero-order valence-electron chi connectivity index (χ0n) is 15.8. The zero-order chi connectivity index (χ0) is 19.0. The fraction of sp³-hybridized carbons (Fsp3) is 0.364. The Morgan fingerprint density at radius 1 is 0.923 bits per heavy atom. The lowest BCUT2D eigenvalue weighted by Gasteiger charge is -2.43. The largest absolute Gasteiger partial charge is 0.405 e. The minimum absolute atomic E-state index is 0.119. The standard InChI is InChI=1S/C22H28O3Si/c1-22(2,3)26(20-13-6-4-7-14-20,21-15-8-5-9-16-21)25-18-19(24)12-10-11-17-23/h4-9,13-16,19,23-24H,12,17-18H2,1-3H3/t19-/m1/s1. The van der Waals surface area contributed by atoms with Gasteiger partial charge in [-0.1, -0.05) is 93.3 Å². The van der Waals surface area contributed by atoms with Crippen LogP contribution in [0, 0.1) is 11.8 Å². The van der Waals surface area contributed by atoms with Gasteiger partial charge in [-0.15, -0.1) is 0 Å². The molecule has 0 heterocycles. The molecule has 0 spiro atoms. The maximum absolute atomic E-state index is 10.3. The van der Waals surface area contributed by atoms with Crippen molar-refractivity contribution in [3.63, 3.8) is 0 Å². The Kier molecular flexibility index (Phi) is 7.19. The van der Waals surface area contributed by atoms with E-state index in [1.807, 2.05) is 36.4 Å². The Morgan fingerprint density at radius 2 is 1.42 bits per heavy atom. The number of rotatable bonds is 6. The average molecular weight is 369 g/mol. The van der Waals surface area contributed by atoms with E-state index in [2.05, 4.69) is 56.9 Å². The van der Waals surface area contributed by atoms with Crippen LogP contribution in [0.2, 0.25) is 5.04 Å². The fourth-order valence-corrected chi connectivity index (χ4v) is 7.89. The summed E-state index contributed by atoms with van der Waals surface area (Å²) in [7, 11) is -2.62. The van der Waals surface area contributed by atoms with Crippen molar-refractivity contribution in [3.8, 4) is 11.8 Å². The topological polar surface area (TPSA) is 49.7 Å². The van der Waals surface area contributed by atoms with Crippen LogP contribution in [-0.2, 0) is 4.43 Å². The molecule has 0 saturated heterocycles. The van der Waals surface area contributed by atoms with Gasteiger partial charge in [-0.05, 0) is 15.4 Å². The maximum atomic E-state index is 10.3. The van der Waals surface area contributed by atoms with Crippen molar-refractivity contribution in [1.82, 2.24) is 0 Å². The molecule has 0 radical (unpaired) electrons. The molecule has 2 rings (SSSR count). The van der Waals surface area contributed by atoms with E-state index < -0.39 is 14.4 Å². The van der Waals surface area contributed by atoms with Gasteiger partial charge in [0.05, 0.1) is 12.7 Å². The first kappa shape index (κ1) is 20.4. The van der Waals surface area contributed by atoms with E-state index in [1.54, 1.807) is 0 Å². The molecule has 3 nitrogen and oxygen atoms in total. The van der Waals surface area contributed by atoms with Crippen molar-refractivity contribution < 1.29 is 14.6 Å². The fourth-order valence-electron chi connectivity index (χ4n) is 3.29. The van der Waals surface area contributed by atoms with Gasteiger partial charge in [0.15, 0.2) is 0 Å². The predicted octanol–water partition coefficient (Wildman–Crippen LogP) is 2.31. The Balaban J connectivity index is 2.44. The number of aliphatic hydroxyl groups excluding tert-OH is 2. The molecular formula is C22H28O3Si. The van der Waals surface area contributed by atoms with E-state index in [1.165, 1.54) is 10.4 Å². The summed E-state index contributed by atoms with van der Waals surface area (Å²) in [4.78, 5) is 0. The van der Waals surface area contributed by atoms with Gasteiger partial charge in [-0.2, -0.15) is 0 Å². The highest BCUT2D eigenvalue weighted by Crippen LogP contribution is 2.36. The highest BCUT2D eigenvalue weighted by Gasteiger charge is 2.50. The van der Waals surface area contributed by atoms with Gasteiger partial charge in [0, 0.05) is 6.42 Å². The molecule has 0 unspecified atom stereocenters. The molecule has 0 aliphatic heterocycles. The van der Waals surface area contributed by atoms with E-state index in [9.17, 15) is 5.11 Å². The summed E-state index contributed by atoms with van der Waals surface area (Å²) in [5.74, 6) is 5.35. The van der Waals surface area contributed by atoms with Gasteiger partial charge >= 0.3 is 0 Å². The average Bonchev–Trinajstić information content (AvgIpc) is 2.63. The minimum Gasteiger partial charge on any atom is -0.405 e. The third-order valence-corrected chi connectivity index (χ3v) is 9.46. The van der Waals surface area contributed by atoms with Gasteiger partial charge in [0.1, 0.15) is 6.61 Å². The summed E-state index contributed by atoms with van der Waals surface area (Å²) in [5.41, 5.74) is 0. The SMILES string of the molecule is CC(C)(C)[Si](OC[C@H](O)CC#CCO)(c1ccccc1)c1ccccc1. The lowest BCUT2D eigenvalue weighted by molar-refractivity contribution is 0.106. The van der Waals surface area contributed by atoms with Gasteiger partial charge in [0.25, 0.3) is 8.32 Å². The molecule has 0 saturated carbocycles. The van der Waals surface area contributed by atoms with Crippen LogP contribution in [0.1, 0.15) is 27.2 Å². The van der Waals surface area contributed by atoms with E-state index in [4.69, 9.17) is 9.53 Å². The predicted molar refractivity (Wildman–Crippen MR) is 109 cm³/mol. The van der Waals surface area contributed by atoms with Crippen LogP contribution in [0.3, 0.4) is 0 Å². The molecule has 4 heteroatoms. The van der Waals surface area contributed by atoms with Crippen LogP contribution in [-0.4, -0.2) is 37.8 Å². The van der Waals surface area contributed by atoms with Crippen LogP contribution >= 0.6 is 0 Å². The van der Waals surface area contributed by atoms with E-state index >= 15 is 0 Å². The molecule has 138 valence electrons. The van der Waals surface area contributed by atoms with E-state index in [0.717, 1.165) is 0 Å². The lowest BCUT2D eigenvalue weighted by Crippen LogP contribution is -2.67. The van der Waals surface area contributed by atoms with Crippen molar-refractivity contribution in [2.24, 2.45) is 0 Å². The van der Waals surface area contributed by atoms with E-state index in [0.29, 0.717) is 6.42 Å². The van der Waals surface area contributed by atoms with Crippen molar-refractivity contribution >= 4 is 18.7 Å². The van der Waals surface area contributed by atoms with Crippen molar-refractivity contribution in [3.05, 3.63) is 60.7 Å². The highest BCUT2D eigenvalue weighted by atomic mass is 28.4. The molecule has 2 aromatic carbocycles. The minimum atomic E-state index is -2.62. The molecule has 0 amide bonds. The quantitative estimate of drug-likeness (QED) is 0.608. The number of hydrogen-bond donors (Lipinski definition) is 2. The first-order chi connectivity index (χ1) is 12.4. The molecule has 0 aromatic heterocycles. The second-order valence-corrected chi connectivity index (χ2v) is 11.6. The van der Waals surface area contributed by atoms with Gasteiger partial charge < -0.3 is 14.6 Å². The first-order valence-corrected chi connectivity index (χ1v) is 10.8. The second-order valence-electron chi connectivity index (χ2n) is 7.34. The van der Waals surface area contributed by atoms with Crippen molar-refractivity contribution in [2.45, 2.75) is 38.3 Å². The molecule has 2 aromatic rings. The summed E-state index contributed by atoms with van der Waals surface area (Å²) in [6, 6.07) is 20.7. The molecule has 0 bridgehead atoms. The Labute approximate surface area is 157 Å². The van der Waals surface area contributed by atoms with Crippen LogP contribution < -0.4 is 10.4 Å². The van der Waals surface area contributed by atoms with Crippen LogP contribution in [0.4, 0.5) is 0 Å². The molecule has 26 heavy (non-hydrogen) atoms. The monoisotopic (exact) mass is 368 g/mol. The lowest BCUT2D eigenvalue weighted by atomic mass is 10.2. The zero-order valence-corrected chi connectivity index (χ0v) is 16.8. The third kappa shape index (κ3) is 4.63. The van der Waals surface area contributed by atoms with Gasteiger partial charge in [-0.25, -0.2) is 0 Å². The Hall–Kier alpha value is -1.90. The number of aliphatic hydroxyl groups is 2. The van der Waals surface area contributed by atoms with Crippen LogP contribution in [0.5, 0.6) is 0 Å². The summed E-state index contributed by atoms with van der Waals surface area (Å²) < 4.78 is 6.62. The van der Waals surface area contributed by atoms with Gasteiger partial charge in [-0.3, -0.25) is 0 Å². The molecule has 0 fully saturated rings. The van der Waals surface area contributed by atoms with Crippen LogP contribution in [0.15, 0.2) is 60.7 Å². The number of hydrogen-bond acceptors (Lipinski definition) is 3. The van der Waals surface area contributed by atoms with Gasteiger partial charge in [0.2, 0.25) is 0 Å². The molecule has 0 aliphatic rings. The molecule has 1 atom stereocenters. The maximum Gasteiger partial charge on any atom is 0.261 e. The smallest absolute Gasteiger partial charge is 0.261 e. The van der Waals surface area contributed by atoms with E-state index in [-0.39, 0.29) is 18.3 Å². The molecule has 0 aliphatic carbocycles. The number of benzene rings is 2. The van der Waals surface area contributed by atoms with Crippen LogP contribution in [0.25, 0.3) is 0 Å². The van der Waals surface area contributed by atoms with Crippen molar-refractivity contribution in [1.29, 1.82) is 0 Å². The highest BCUT2D eigenvalue weighted by molar-refractivity contribution is 6.99. The summed E-state index contributed by atoms with van der Waals surface area (Å²) in [6.45, 7) is 6.64. The Bertz CT molecular complexity index is 687.